The Labute approximate surface area is 146 Å². The molecule has 126 valence electrons. The van der Waals surface area contributed by atoms with E-state index in [-0.39, 0.29) is 5.41 Å². The molecule has 2 aromatic rings. The Balaban J connectivity index is 2.44. The number of aliphatic imine (C=N–C) groups is 1. The molecule has 0 radical (unpaired) electrons. The molecule has 1 aliphatic heterocycles. The van der Waals surface area contributed by atoms with Gasteiger partial charge in [0.2, 0.25) is 0 Å². The van der Waals surface area contributed by atoms with E-state index in [0.29, 0.717) is 12.0 Å². The van der Waals surface area contributed by atoms with Gasteiger partial charge in [-0.1, -0.05) is 65.5 Å². The minimum Gasteiger partial charge on any atom is -0.281 e. The fourth-order valence-electron chi connectivity index (χ4n) is 3.78. The molecule has 1 aliphatic rings. The van der Waals surface area contributed by atoms with Crippen LogP contribution in [0.5, 0.6) is 0 Å². The van der Waals surface area contributed by atoms with E-state index in [9.17, 15) is 0 Å². The summed E-state index contributed by atoms with van der Waals surface area (Å²) in [5.74, 6) is 0.423. The third kappa shape index (κ3) is 2.60. The van der Waals surface area contributed by atoms with Crippen LogP contribution in [0.3, 0.4) is 0 Å². The van der Waals surface area contributed by atoms with Crippen LogP contribution in [0.4, 0.5) is 0 Å². The monoisotopic (exact) mass is 319 g/mol. The molecular weight excluding hydrogens is 290 g/mol. The van der Waals surface area contributed by atoms with Gasteiger partial charge in [-0.05, 0) is 52.3 Å². The largest absolute Gasteiger partial charge is 0.281 e. The average Bonchev–Trinajstić information content (AvgIpc) is 2.55. The maximum Gasteiger partial charge on any atom is 0.0679 e. The summed E-state index contributed by atoms with van der Waals surface area (Å²) >= 11 is 0. The number of benzene rings is 2. The van der Waals surface area contributed by atoms with Gasteiger partial charge in [-0.2, -0.15) is 0 Å². The van der Waals surface area contributed by atoms with Crippen molar-refractivity contribution in [1.82, 2.24) is 0 Å². The van der Waals surface area contributed by atoms with Gasteiger partial charge in [-0.15, -0.1) is 0 Å². The van der Waals surface area contributed by atoms with E-state index in [1.54, 1.807) is 0 Å². The molecular formula is C23H29N. The molecule has 2 atom stereocenters. The van der Waals surface area contributed by atoms with E-state index in [1.807, 2.05) is 0 Å². The lowest BCUT2D eigenvalue weighted by atomic mass is 9.75. The maximum atomic E-state index is 5.02. The first-order valence-corrected chi connectivity index (χ1v) is 9.08. The van der Waals surface area contributed by atoms with Gasteiger partial charge in [0.1, 0.15) is 0 Å². The molecule has 1 heteroatoms. The molecule has 2 unspecified atom stereocenters. The lowest BCUT2D eigenvalue weighted by Crippen LogP contribution is -2.25. The first kappa shape index (κ1) is 17.0. The zero-order valence-corrected chi connectivity index (χ0v) is 15.9. The molecule has 24 heavy (non-hydrogen) atoms. The second-order valence-corrected chi connectivity index (χ2v) is 8.15. The molecule has 0 saturated heterocycles. The van der Waals surface area contributed by atoms with Crippen LogP contribution < -0.4 is 0 Å². The third-order valence-corrected chi connectivity index (χ3v) is 5.42. The van der Waals surface area contributed by atoms with Crippen molar-refractivity contribution in [2.24, 2.45) is 4.99 Å². The van der Waals surface area contributed by atoms with Gasteiger partial charge in [0.25, 0.3) is 0 Å². The van der Waals surface area contributed by atoms with Crippen molar-refractivity contribution < 1.29 is 0 Å². The lowest BCUT2D eigenvalue weighted by molar-refractivity contribution is 0.590. The van der Waals surface area contributed by atoms with Crippen molar-refractivity contribution in [2.45, 2.75) is 65.3 Å². The van der Waals surface area contributed by atoms with Crippen molar-refractivity contribution in [1.29, 1.82) is 0 Å². The SMILES string of the molecule is C=C(CC)C1=NC(C)C(C)c2c1cc(C(C)(C)C)c1ccccc21. The van der Waals surface area contributed by atoms with E-state index in [2.05, 4.69) is 78.5 Å². The highest BCUT2D eigenvalue weighted by Crippen LogP contribution is 2.41. The van der Waals surface area contributed by atoms with Gasteiger partial charge in [0.05, 0.1) is 11.8 Å². The predicted molar refractivity (Wildman–Crippen MR) is 106 cm³/mol. The van der Waals surface area contributed by atoms with Crippen LogP contribution in [0.1, 0.15) is 70.6 Å². The van der Waals surface area contributed by atoms with Gasteiger partial charge >= 0.3 is 0 Å². The van der Waals surface area contributed by atoms with Crippen molar-refractivity contribution in [3.05, 3.63) is 59.2 Å². The molecule has 0 spiro atoms. The predicted octanol–water partition coefficient (Wildman–Crippen LogP) is 6.40. The van der Waals surface area contributed by atoms with Gasteiger partial charge in [0.15, 0.2) is 0 Å². The summed E-state index contributed by atoms with van der Waals surface area (Å²) in [6.45, 7) is 17.9. The number of fused-ring (bicyclic) bond motifs is 3. The molecule has 0 amide bonds. The van der Waals surface area contributed by atoms with Crippen LogP contribution >= 0.6 is 0 Å². The van der Waals surface area contributed by atoms with Crippen LogP contribution in [0.2, 0.25) is 0 Å². The van der Waals surface area contributed by atoms with E-state index in [0.717, 1.165) is 17.7 Å². The smallest absolute Gasteiger partial charge is 0.0679 e. The normalized spacial score (nSPS) is 20.7. The minimum atomic E-state index is 0.0968. The highest BCUT2D eigenvalue weighted by Gasteiger charge is 2.30. The molecule has 0 fully saturated rings. The van der Waals surface area contributed by atoms with Crippen molar-refractivity contribution in [2.75, 3.05) is 0 Å². The highest BCUT2D eigenvalue weighted by molar-refractivity contribution is 6.16. The molecule has 0 bridgehead atoms. The van der Waals surface area contributed by atoms with Gasteiger partial charge in [-0.25, -0.2) is 0 Å². The Morgan fingerprint density at radius 3 is 2.33 bits per heavy atom. The summed E-state index contributed by atoms with van der Waals surface area (Å²) in [5, 5.41) is 2.77. The van der Waals surface area contributed by atoms with Gasteiger partial charge < -0.3 is 0 Å². The van der Waals surface area contributed by atoms with Crippen LogP contribution in [-0.2, 0) is 5.41 Å². The van der Waals surface area contributed by atoms with Crippen LogP contribution in [0.15, 0.2) is 47.5 Å². The van der Waals surface area contributed by atoms with Gasteiger partial charge in [0, 0.05) is 11.5 Å². The molecule has 3 rings (SSSR count). The van der Waals surface area contributed by atoms with E-state index in [1.165, 1.54) is 27.5 Å². The topological polar surface area (TPSA) is 12.4 Å². The number of hydrogen-bond donors (Lipinski definition) is 0. The number of hydrogen-bond acceptors (Lipinski definition) is 1. The lowest BCUT2D eigenvalue weighted by Gasteiger charge is -2.32. The molecule has 2 aromatic carbocycles. The van der Waals surface area contributed by atoms with Crippen LogP contribution in [-0.4, -0.2) is 11.8 Å². The van der Waals surface area contributed by atoms with E-state index >= 15 is 0 Å². The fourth-order valence-corrected chi connectivity index (χ4v) is 3.78. The first-order chi connectivity index (χ1) is 11.3. The summed E-state index contributed by atoms with van der Waals surface area (Å²) in [6, 6.07) is 11.5. The number of allylic oxidation sites excluding steroid dienone is 1. The molecule has 1 nitrogen and oxygen atoms in total. The Morgan fingerprint density at radius 1 is 1.12 bits per heavy atom. The Bertz CT molecular complexity index is 833. The zero-order chi connectivity index (χ0) is 17.6. The van der Waals surface area contributed by atoms with Crippen molar-refractivity contribution in [3.8, 4) is 0 Å². The Hall–Kier alpha value is -1.89. The number of nitrogens with zero attached hydrogens (tertiary/aromatic N) is 1. The standard InChI is InChI=1S/C23H29N/c1-8-14(2)22-19-13-20(23(5,6)7)17-11-9-10-12-18(17)21(19)15(3)16(4)24-22/h9-13,15-16H,2,8H2,1,3-7H3. The molecule has 0 aromatic heterocycles. The summed E-state index contributed by atoms with van der Waals surface area (Å²) in [7, 11) is 0. The summed E-state index contributed by atoms with van der Waals surface area (Å²) < 4.78 is 0. The molecule has 1 heterocycles. The number of rotatable bonds is 2. The van der Waals surface area contributed by atoms with Crippen molar-refractivity contribution >= 4 is 16.5 Å². The second kappa shape index (κ2) is 5.88. The quantitative estimate of drug-likeness (QED) is 0.607. The Kier molecular flexibility index (Phi) is 4.15. The summed E-state index contributed by atoms with van der Waals surface area (Å²) in [6.07, 6.45) is 0.942. The molecule has 0 N–H and O–H groups in total. The first-order valence-electron chi connectivity index (χ1n) is 9.08. The Morgan fingerprint density at radius 2 is 1.75 bits per heavy atom. The summed E-state index contributed by atoms with van der Waals surface area (Å²) in [5.41, 5.74) is 6.51. The van der Waals surface area contributed by atoms with Crippen LogP contribution in [0, 0.1) is 0 Å². The van der Waals surface area contributed by atoms with E-state index < -0.39 is 0 Å². The molecule has 0 saturated carbocycles. The molecule has 0 aliphatic carbocycles. The highest BCUT2D eigenvalue weighted by atomic mass is 14.8. The fraction of sp³-hybridized carbons (Fsp3) is 0.435. The van der Waals surface area contributed by atoms with Gasteiger partial charge in [-0.3, -0.25) is 4.99 Å². The minimum absolute atomic E-state index is 0.0968. The zero-order valence-electron chi connectivity index (χ0n) is 15.9. The maximum absolute atomic E-state index is 5.02. The summed E-state index contributed by atoms with van der Waals surface area (Å²) in [4.78, 5) is 5.02. The van der Waals surface area contributed by atoms with E-state index in [4.69, 9.17) is 4.99 Å². The third-order valence-electron chi connectivity index (χ3n) is 5.42. The van der Waals surface area contributed by atoms with Crippen molar-refractivity contribution in [3.63, 3.8) is 0 Å². The second-order valence-electron chi connectivity index (χ2n) is 8.15. The van der Waals surface area contributed by atoms with Crippen LogP contribution in [0.25, 0.3) is 10.8 Å². The average molecular weight is 319 g/mol.